The molecule has 1 aromatic rings. The van der Waals surface area contributed by atoms with Gasteiger partial charge in [-0.3, -0.25) is 14.4 Å². The number of pyridine rings is 1. The van der Waals surface area contributed by atoms with Crippen LogP contribution >= 0.6 is 0 Å². The van der Waals surface area contributed by atoms with Crippen LogP contribution < -0.4 is 10.7 Å². The fourth-order valence-electron chi connectivity index (χ4n) is 3.16. The third-order valence-electron chi connectivity index (χ3n) is 4.85. The van der Waals surface area contributed by atoms with E-state index in [2.05, 4.69) is 5.32 Å². The molecule has 0 unspecified atom stereocenters. The van der Waals surface area contributed by atoms with E-state index in [0.717, 1.165) is 19.3 Å². The molecular weight excluding hydrogens is 330 g/mol. The van der Waals surface area contributed by atoms with Gasteiger partial charge in [0, 0.05) is 37.6 Å². The van der Waals surface area contributed by atoms with Crippen molar-refractivity contribution in [2.24, 2.45) is 5.92 Å². The van der Waals surface area contributed by atoms with Gasteiger partial charge in [0.15, 0.2) is 0 Å². The molecule has 1 fully saturated rings. The minimum absolute atomic E-state index is 0.0369. The molecule has 0 aromatic carbocycles. The molecule has 0 spiro atoms. The van der Waals surface area contributed by atoms with E-state index in [1.54, 1.807) is 21.9 Å². The molecule has 6 nitrogen and oxygen atoms in total. The molecule has 1 N–H and O–H groups in total. The highest BCUT2D eigenvalue weighted by atomic mass is 16.2. The van der Waals surface area contributed by atoms with Crippen molar-refractivity contribution in [2.75, 3.05) is 13.1 Å². The van der Waals surface area contributed by atoms with E-state index in [9.17, 15) is 14.4 Å². The molecule has 1 atom stereocenters. The molecule has 0 aliphatic carbocycles. The van der Waals surface area contributed by atoms with Crippen LogP contribution in [0.25, 0.3) is 0 Å². The van der Waals surface area contributed by atoms with E-state index in [-0.39, 0.29) is 35.0 Å². The first kappa shape index (κ1) is 20.2. The van der Waals surface area contributed by atoms with Crippen molar-refractivity contribution < 1.29 is 9.59 Å². The molecular formula is C20H31N3O3. The zero-order valence-corrected chi connectivity index (χ0v) is 16.5. The van der Waals surface area contributed by atoms with Crippen molar-refractivity contribution in [3.05, 3.63) is 33.7 Å². The Morgan fingerprint density at radius 3 is 2.38 bits per heavy atom. The number of likely N-dealkylation sites (tertiary alicyclic amines) is 1. The van der Waals surface area contributed by atoms with E-state index in [0.29, 0.717) is 13.1 Å². The highest BCUT2D eigenvalue weighted by Gasteiger charge is 2.28. The van der Waals surface area contributed by atoms with Gasteiger partial charge in [-0.2, -0.15) is 0 Å². The van der Waals surface area contributed by atoms with Crippen molar-refractivity contribution in [3.8, 4) is 0 Å². The number of rotatable bonds is 5. The second-order valence-corrected chi connectivity index (χ2v) is 7.90. The first-order valence-corrected chi connectivity index (χ1v) is 9.57. The summed E-state index contributed by atoms with van der Waals surface area (Å²) in [4.78, 5) is 40.2. The molecule has 1 aromatic heterocycles. The zero-order valence-electron chi connectivity index (χ0n) is 16.5. The van der Waals surface area contributed by atoms with Gasteiger partial charge in [-0.15, -0.1) is 0 Å². The summed E-state index contributed by atoms with van der Waals surface area (Å²) in [7, 11) is 0. The van der Waals surface area contributed by atoms with Crippen molar-refractivity contribution in [3.63, 3.8) is 0 Å². The number of hydrogen-bond acceptors (Lipinski definition) is 3. The summed E-state index contributed by atoms with van der Waals surface area (Å²) in [6.45, 7) is 11.0. The van der Waals surface area contributed by atoms with Crippen molar-refractivity contribution in [1.82, 2.24) is 14.8 Å². The number of nitrogens with zero attached hydrogens (tertiary/aromatic N) is 2. The number of carbonyl (C=O) groups excluding carboxylic acids is 2. The third-order valence-corrected chi connectivity index (χ3v) is 4.85. The van der Waals surface area contributed by atoms with Crippen LogP contribution in [0.15, 0.2) is 17.2 Å². The lowest BCUT2D eigenvalue weighted by atomic mass is 10.0. The molecule has 1 aliphatic heterocycles. The number of hydrogen-bond donors (Lipinski definition) is 1. The maximum absolute atomic E-state index is 13.0. The second kappa shape index (κ2) is 8.52. The Hall–Kier alpha value is -2.11. The second-order valence-electron chi connectivity index (χ2n) is 7.90. The summed E-state index contributed by atoms with van der Waals surface area (Å²) in [6, 6.07) is 0.152. The fourth-order valence-corrected chi connectivity index (χ4v) is 3.16. The van der Waals surface area contributed by atoms with E-state index >= 15 is 0 Å². The van der Waals surface area contributed by atoms with Crippen molar-refractivity contribution in [2.45, 2.75) is 66.0 Å². The Labute approximate surface area is 155 Å². The van der Waals surface area contributed by atoms with Gasteiger partial charge in [0.25, 0.3) is 11.8 Å². The lowest BCUT2D eigenvalue weighted by Crippen LogP contribution is -2.44. The summed E-state index contributed by atoms with van der Waals surface area (Å²) in [5.41, 5.74) is -0.356. The molecule has 6 heteroatoms. The molecule has 1 saturated heterocycles. The zero-order chi connectivity index (χ0) is 19.4. The third kappa shape index (κ3) is 4.54. The molecule has 26 heavy (non-hydrogen) atoms. The Morgan fingerprint density at radius 1 is 1.15 bits per heavy atom. The molecule has 0 radical (unpaired) electrons. The maximum atomic E-state index is 13.0. The number of piperidine rings is 1. The molecule has 144 valence electrons. The SMILES string of the molecule is CC(C)CNC(=O)c1cn(C(C)C)cc(C(=O)N2CCCC[C@H]2C)c1=O. The number of amides is 2. The van der Waals surface area contributed by atoms with Gasteiger partial charge in [0.1, 0.15) is 11.1 Å². The van der Waals surface area contributed by atoms with Crippen LogP contribution in [0.1, 0.15) is 80.6 Å². The van der Waals surface area contributed by atoms with Crippen LogP contribution in [0.4, 0.5) is 0 Å². The fraction of sp³-hybridized carbons (Fsp3) is 0.650. The van der Waals surface area contributed by atoms with E-state index in [1.807, 2.05) is 34.6 Å². The Morgan fingerprint density at radius 2 is 1.81 bits per heavy atom. The highest BCUT2D eigenvalue weighted by molar-refractivity contribution is 5.99. The van der Waals surface area contributed by atoms with Crippen LogP contribution in [0.3, 0.4) is 0 Å². The molecule has 1 aliphatic rings. The van der Waals surface area contributed by atoms with Crippen LogP contribution in [-0.4, -0.2) is 40.4 Å². The minimum atomic E-state index is -0.481. The predicted octanol–water partition coefficient (Wildman–Crippen LogP) is 2.83. The van der Waals surface area contributed by atoms with Gasteiger partial charge < -0.3 is 14.8 Å². The highest BCUT2D eigenvalue weighted by Crippen LogP contribution is 2.19. The average Bonchev–Trinajstić information content (AvgIpc) is 2.59. The summed E-state index contributed by atoms with van der Waals surface area (Å²) in [6.07, 6.45) is 6.13. The van der Waals surface area contributed by atoms with Gasteiger partial charge in [0.05, 0.1) is 0 Å². The standard InChI is InChI=1S/C20H31N3O3/c1-13(2)10-21-19(25)16-11-22(14(3)4)12-17(18(16)24)20(26)23-9-7-6-8-15(23)5/h11-15H,6-10H2,1-5H3,(H,21,25)/t15-/m1/s1. The molecule has 0 saturated carbocycles. The molecule has 0 bridgehead atoms. The minimum Gasteiger partial charge on any atom is -0.352 e. The summed E-state index contributed by atoms with van der Waals surface area (Å²) in [5.74, 6) is -0.403. The Kier molecular flexibility index (Phi) is 6.62. The normalized spacial score (nSPS) is 17.7. The van der Waals surface area contributed by atoms with Gasteiger partial charge >= 0.3 is 0 Å². The largest absolute Gasteiger partial charge is 0.352 e. The molecule has 2 rings (SSSR count). The maximum Gasteiger partial charge on any atom is 0.259 e. The van der Waals surface area contributed by atoms with Crippen molar-refractivity contribution >= 4 is 11.8 Å². The predicted molar refractivity (Wildman–Crippen MR) is 103 cm³/mol. The molecule has 2 amide bonds. The van der Waals surface area contributed by atoms with Crippen molar-refractivity contribution in [1.29, 1.82) is 0 Å². The van der Waals surface area contributed by atoms with Gasteiger partial charge in [-0.05, 0) is 46.0 Å². The lowest BCUT2D eigenvalue weighted by Gasteiger charge is -2.33. The number of nitrogens with one attached hydrogen (secondary N) is 1. The topological polar surface area (TPSA) is 71.4 Å². The van der Waals surface area contributed by atoms with Gasteiger partial charge in [-0.1, -0.05) is 13.8 Å². The monoisotopic (exact) mass is 361 g/mol. The number of aromatic nitrogens is 1. The summed E-state index contributed by atoms with van der Waals surface area (Å²) < 4.78 is 1.77. The summed E-state index contributed by atoms with van der Waals surface area (Å²) >= 11 is 0. The lowest BCUT2D eigenvalue weighted by molar-refractivity contribution is 0.0633. The smallest absolute Gasteiger partial charge is 0.259 e. The Bertz CT molecular complexity index is 722. The van der Waals surface area contributed by atoms with Crippen LogP contribution in [0.5, 0.6) is 0 Å². The van der Waals surface area contributed by atoms with Crippen LogP contribution in [-0.2, 0) is 0 Å². The van der Waals surface area contributed by atoms with Crippen LogP contribution in [0, 0.1) is 5.92 Å². The van der Waals surface area contributed by atoms with Gasteiger partial charge in [0.2, 0.25) is 5.43 Å². The average molecular weight is 361 g/mol. The van der Waals surface area contributed by atoms with Gasteiger partial charge in [-0.25, -0.2) is 0 Å². The quantitative estimate of drug-likeness (QED) is 0.876. The first-order chi connectivity index (χ1) is 12.2. The first-order valence-electron chi connectivity index (χ1n) is 9.57. The van der Waals surface area contributed by atoms with Crippen LogP contribution in [0.2, 0.25) is 0 Å². The summed E-state index contributed by atoms with van der Waals surface area (Å²) in [5, 5.41) is 2.78. The van der Waals surface area contributed by atoms with E-state index in [1.165, 1.54) is 0 Å². The van der Waals surface area contributed by atoms with E-state index < -0.39 is 11.3 Å². The number of carbonyl (C=O) groups is 2. The molecule has 2 heterocycles. The Balaban J connectivity index is 2.43. The van der Waals surface area contributed by atoms with E-state index in [4.69, 9.17) is 0 Å².